The average molecular weight is 419 g/mol. The molecule has 2 aromatic rings. The number of amides is 1. The zero-order valence-electron chi connectivity index (χ0n) is 11.6. The predicted molar refractivity (Wildman–Crippen MR) is 99.1 cm³/mol. The van der Waals surface area contributed by atoms with Gasteiger partial charge in [0.2, 0.25) is 0 Å². The molecule has 0 aliphatic rings. The highest BCUT2D eigenvalue weighted by molar-refractivity contribution is 9.10. The first-order chi connectivity index (χ1) is 10.6. The van der Waals surface area contributed by atoms with Crippen molar-refractivity contribution in [1.82, 2.24) is 5.32 Å². The molecule has 0 aliphatic carbocycles. The molecule has 0 bridgehead atoms. The van der Waals surface area contributed by atoms with Crippen molar-refractivity contribution in [2.75, 3.05) is 12.3 Å². The molecule has 0 heterocycles. The molecule has 0 fully saturated rings. The Balaban J connectivity index is 1.69. The van der Waals surface area contributed by atoms with Gasteiger partial charge in [-0.2, -0.15) is 11.8 Å². The van der Waals surface area contributed by atoms with Crippen LogP contribution in [-0.2, 0) is 5.75 Å². The lowest BCUT2D eigenvalue weighted by molar-refractivity contribution is 0.0956. The second-order valence-electron chi connectivity index (χ2n) is 4.56. The van der Waals surface area contributed by atoms with Crippen molar-refractivity contribution in [2.24, 2.45) is 0 Å². The Morgan fingerprint density at radius 1 is 1.09 bits per heavy atom. The largest absolute Gasteiger partial charge is 0.351 e. The molecule has 2 aromatic carbocycles. The molecule has 6 heteroatoms. The maximum absolute atomic E-state index is 11.9. The average Bonchev–Trinajstić information content (AvgIpc) is 2.51. The van der Waals surface area contributed by atoms with E-state index in [9.17, 15) is 4.79 Å². The van der Waals surface area contributed by atoms with Crippen molar-refractivity contribution in [1.29, 1.82) is 0 Å². The van der Waals surface area contributed by atoms with Gasteiger partial charge in [-0.05, 0) is 42.0 Å². The van der Waals surface area contributed by atoms with E-state index in [0.29, 0.717) is 22.2 Å². The van der Waals surface area contributed by atoms with E-state index in [1.165, 1.54) is 0 Å². The summed E-state index contributed by atoms with van der Waals surface area (Å²) in [5.41, 5.74) is 1.79. The second kappa shape index (κ2) is 8.82. The fraction of sp³-hybridized carbons (Fsp3) is 0.188. The third-order valence-electron chi connectivity index (χ3n) is 2.89. The van der Waals surface area contributed by atoms with Crippen LogP contribution in [0.15, 0.2) is 46.9 Å². The topological polar surface area (TPSA) is 29.1 Å². The first kappa shape index (κ1) is 17.7. The molecule has 0 atom stereocenters. The summed E-state index contributed by atoms with van der Waals surface area (Å²) in [6.45, 7) is 0.626. The quantitative estimate of drug-likeness (QED) is 0.634. The zero-order chi connectivity index (χ0) is 15.9. The number of hydrogen-bond acceptors (Lipinski definition) is 2. The fourth-order valence-electron chi connectivity index (χ4n) is 1.76. The molecule has 116 valence electrons. The highest BCUT2D eigenvalue weighted by Gasteiger charge is 2.04. The molecule has 2 nitrogen and oxygen atoms in total. The third-order valence-corrected chi connectivity index (χ3v) is 5.19. The SMILES string of the molecule is O=C(NCCSCc1ccc(Cl)c(Cl)c1)c1ccc(Br)cc1. The number of benzene rings is 2. The molecule has 0 aromatic heterocycles. The monoisotopic (exact) mass is 417 g/mol. The first-order valence-electron chi connectivity index (χ1n) is 6.61. The van der Waals surface area contributed by atoms with Crippen molar-refractivity contribution >= 4 is 56.8 Å². The summed E-state index contributed by atoms with van der Waals surface area (Å²) in [4.78, 5) is 11.9. The lowest BCUT2D eigenvalue weighted by Crippen LogP contribution is -2.25. The van der Waals surface area contributed by atoms with Crippen LogP contribution in [-0.4, -0.2) is 18.2 Å². The van der Waals surface area contributed by atoms with Gasteiger partial charge in [0.05, 0.1) is 10.0 Å². The molecular formula is C16H14BrCl2NOS. The van der Waals surface area contributed by atoms with Crippen molar-refractivity contribution in [3.05, 3.63) is 68.1 Å². The summed E-state index contributed by atoms with van der Waals surface area (Å²) < 4.78 is 0.959. The standard InChI is InChI=1S/C16H14BrCl2NOS/c17-13-4-2-12(3-5-13)16(21)20-7-8-22-10-11-1-6-14(18)15(19)9-11/h1-6,9H,7-8,10H2,(H,20,21). The minimum absolute atomic E-state index is 0.0531. The highest BCUT2D eigenvalue weighted by Crippen LogP contribution is 2.24. The van der Waals surface area contributed by atoms with Gasteiger partial charge in [0.15, 0.2) is 0 Å². The van der Waals surface area contributed by atoms with E-state index in [4.69, 9.17) is 23.2 Å². The van der Waals surface area contributed by atoms with Gasteiger partial charge < -0.3 is 5.32 Å². The van der Waals surface area contributed by atoms with E-state index in [2.05, 4.69) is 21.2 Å². The molecule has 0 radical (unpaired) electrons. The van der Waals surface area contributed by atoms with Crippen LogP contribution in [0.25, 0.3) is 0 Å². The Morgan fingerprint density at radius 3 is 2.50 bits per heavy atom. The van der Waals surface area contributed by atoms with Gasteiger partial charge in [-0.3, -0.25) is 4.79 Å². The number of nitrogens with one attached hydrogen (secondary N) is 1. The molecule has 0 saturated carbocycles. The number of carbonyl (C=O) groups excluding carboxylic acids is 1. The summed E-state index contributed by atoms with van der Waals surface area (Å²) in [5.74, 6) is 1.62. The Labute approximate surface area is 152 Å². The number of thioether (sulfide) groups is 1. The van der Waals surface area contributed by atoms with Crippen LogP contribution < -0.4 is 5.32 Å². The van der Waals surface area contributed by atoms with Crippen molar-refractivity contribution in [3.8, 4) is 0 Å². The third kappa shape index (κ3) is 5.51. The van der Waals surface area contributed by atoms with E-state index in [1.807, 2.05) is 24.3 Å². The van der Waals surface area contributed by atoms with E-state index in [-0.39, 0.29) is 5.91 Å². The van der Waals surface area contributed by atoms with E-state index < -0.39 is 0 Å². The summed E-state index contributed by atoms with van der Waals surface area (Å²) in [6, 6.07) is 12.9. The summed E-state index contributed by atoms with van der Waals surface area (Å²) in [7, 11) is 0. The van der Waals surface area contributed by atoms with Gasteiger partial charge in [-0.1, -0.05) is 45.2 Å². The van der Waals surface area contributed by atoms with Crippen LogP contribution in [0.1, 0.15) is 15.9 Å². The van der Waals surface area contributed by atoms with Crippen LogP contribution in [0.3, 0.4) is 0 Å². The minimum atomic E-state index is -0.0531. The molecule has 0 saturated heterocycles. The van der Waals surface area contributed by atoms with Crippen LogP contribution >= 0.6 is 50.9 Å². The molecule has 0 spiro atoms. The smallest absolute Gasteiger partial charge is 0.251 e. The molecule has 1 N–H and O–H groups in total. The molecule has 0 unspecified atom stereocenters. The zero-order valence-corrected chi connectivity index (χ0v) is 15.5. The lowest BCUT2D eigenvalue weighted by Gasteiger charge is -2.06. The van der Waals surface area contributed by atoms with Gasteiger partial charge in [-0.25, -0.2) is 0 Å². The Hall–Kier alpha value is -0.680. The Kier molecular flexibility index (Phi) is 7.09. The van der Waals surface area contributed by atoms with Gasteiger partial charge in [-0.15, -0.1) is 0 Å². The number of rotatable bonds is 6. The maximum atomic E-state index is 11.9. The molecule has 2 rings (SSSR count). The minimum Gasteiger partial charge on any atom is -0.351 e. The van der Waals surface area contributed by atoms with E-state index in [1.54, 1.807) is 30.0 Å². The summed E-state index contributed by atoms with van der Waals surface area (Å²) in [6.07, 6.45) is 0. The molecule has 1 amide bonds. The maximum Gasteiger partial charge on any atom is 0.251 e. The highest BCUT2D eigenvalue weighted by atomic mass is 79.9. The van der Waals surface area contributed by atoms with E-state index in [0.717, 1.165) is 21.5 Å². The molecule has 22 heavy (non-hydrogen) atoms. The van der Waals surface area contributed by atoms with Crippen molar-refractivity contribution in [2.45, 2.75) is 5.75 Å². The van der Waals surface area contributed by atoms with Gasteiger partial charge in [0.1, 0.15) is 0 Å². The second-order valence-corrected chi connectivity index (χ2v) is 7.40. The Morgan fingerprint density at radius 2 is 1.82 bits per heavy atom. The van der Waals surface area contributed by atoms with Gasteiger partial charge >= 0.3 is 0 Å². The molecule has 0 aliphatic heterocycles. The van der Waals surface area contributed by atoms with Crippen molar-refractivity contribution in [3.63, 3.8) is 0 Å². The van der Waals surface area contributed by atoms with E-state index >= 15 is 0 Å². The predicted octanol–water partition coefficient (Wildman–Crippen LogP) is 5.42. The van der Waals surface area contributed by atoms with Gasteiger partial charge in [0.25, 0.3) is 5.91 Å². The number of hydrogen-bond donors (Lipinski definition) is 1. The van der Waals surface area contributed by atoms with Crippen LogP contribution in [0, 0.1) is 0 Å². The fourth-order valence-corrected chi connectivity index (χ4v) is 3.15. The van der Waals surface area contributed by atoms with Crippen LogP contribution in [0.2, 0.25) is 10.0 Å². The van der Waals surface area contributed by atoms with Crippen LogP contribution in [0.5, 0.6) is 0 Å². The normalized spacial score (nSPS) is 10.5. The summed E-state index contributed by atoms with van der Waals surface area (Å²) >= 11 is 16.9. The summed E-state index contributed by atoms with van der Waals surface area (Å²) in [5, 5.41) is 4.04. The van der Waals surface area contributed by atoms with Crippen molar-refractivity contribution < 1.29 is 4.79 Å². The molecular weight excluding hydrogens is 405 g/mol. The number of halogens is 3. The van der Waals surface area contributed by atoms with Crippen LogP contribution in [0.4, 0.5) is 0 Å². The lowest BCUT2D eigenvalue weighted by atomic mass is 10.2. The first-order valence-corrected chi connectivity index (χ1v) is 9.32. The van der Waals surface area contributed by atoms with Gasteiger partial charge in [0, 0.05) is 28.1 Å². The number of carbonyl (C=O) groups is 1. The Bertz CT molecular complexity index is 649.